The maximum Gasteiger partial charge on any atom is 0.0709 e. The molecule has 1 fully saturated rings. The van der Waals surface area contributed by atoms with Crippen LogP contribution < -0.4 is 5.32 Å². The Bertz CT molecular complexity index is 612. The maximum atomic E-state index is 11.4. The molecular formula is C21H27NO. The highest BCUT2D eigenvalue weighted by Crippen LogP contribution is 2.45. The van der Waals surface area contributed by atoms with Gasteiger partial charge in [0.2, 0.25) is 0 Å². The van der Waals surface area contributed by atoms with Crippen LogP contribution in [0, 0.1) is 5.92 Å². The lowest BCUT2D eigenvalue weighted by atomic mass is 9.70. The summed E-state index contributed by atoms with van der Waals surface area (Å²) in [5.41, 5.74) is 1.89. The van der Waals surface area contributed by atoms with Gasteiger partial charge in [0, 0.05) is 18.0 Å². The minimum Gasteiger partial charge on any atom is -0.389 e. The van der Waals surface area contributed by atoms with Crippen molar-refractivity contribution in [1.82, 2.24) is 5.32 Å². The van der Waals surface area contributed by atoms with Crippen molar-refractivity contribution in [2.24, 2.45) is 5.92 Å². The van der Waals surface area contributed by atoms with Crippen molar-refractivity contribution in [3.8, 4) is 0 Å². The van der Waals surface area contributed by atoms with Crippen molar-refractivity contribution >= 4 is 0 Å². The summed E-state index contributed by atoms with van der Waals surface area (Å²) in [4.78, 5) is 0. The van der Waals surface area contributed by atoms with Crippen molar-refractivity contribution in [3.05, 3.63) is 71.8 Å². The van der Waals surface area contributed by atoms with E-state index >= 15 is 0 Å². The third kappa shape index (κ3) is 3.34. The lowest BCUT2D eigenvalue weighted by Crippen LogP contribution is -2.52. The summed E-state index contributed by atoms with van der Waals surface area (Å²) in [5.74, 6) is 0.185. The SMILES string of the molecule is CCC[C@]1(O)C[C@H](c2ccccc2)N[C@H](c2ccccc2)[C@@H]1C. The molecule has 0 aliphatic carbocycles. The largest absolute Gasteiger partial charge is 0.389 e. The van der Waals surface area contributed by atoms with Gasteiger partial charge in [-0.15, -0.1) is 0 Å². The van der Waals surface area contributed by atoms with E-state index in [9.17, 15) is 5.11 Å². The fraction of sp³-hybridized carbons (Fsp3) is 0.429. The van der Waals surface area contributed by atoms with Crippen LogP contribution in [-0.4, -0.2) is 10.7 Å². The van der Waals surface area contributed by atoms with Gasteiger partial charge < -0.3 is 10.4 Å². The number of hydrogen-bond acceptors (Lipinski definition) is 2. The summed E-state index contributed by atoms with van der Waals surface area (Å²) >= 11 is 0. The number of rotatable bonds is 4. The Hall–Kier alpha value is -1.64. The molecule has 2 heteroatoms. The van der Waals surface area contributed by atoms with Crippen LogP contribution in [0.1, 0.15) is 56.3 Å². The molecule has 3 rings (SSSR count). The zero-order chi connectivity index (χ0) is 16.3. The van der Waals surface area contributed by atoms with Gasteiger partial charge in [-0.25, -0.2) is 0 Å². The fourth-order valence-corrected chi connectivity index (χ4v) is 3.98. The summed E-state index contributed by atoms with van der Waals surface area (Å²) in [5, 5.41) is 15.2. The van der Waals surface area contributed by atoms with Gasteiger partial charge in [0.1, 0.15) is 0 Å². The number of hydrogen-bond donors (Lipinski definition) is 2. The lowest BCUT2D eigenvalue weighted by Gasteiger charge is -2.48. The number of aliphatic hydroxyl groups is 1. The number of piperidine rings is 1. The molecule has 0 radical (unpaired) electrons. The fourth-order valence-electron chi connectivity index (χ4n) is 3.98. The monoisotopic (exact) mass is 309 g/mol. The van der Waals surface area contributed by atoms with Gasteiger partial charge in [0.25, 0.3) is 0 Å². The molecule has 2 N–H and O–H groups in total. The number of benzene rings is 2. The van der Waals surface area contributed by atoms with Crippen molar-refractivity contribution in [3.63, 3.8) is 0 Å². The van der Waals surface area contributed by atoms with E-state index in [2.05, 4.69) is 67.7 Å². The van der Waals surface area contributed by atoms with Gasteiger partial charge in [-0.05, 0) is 24.0 Å². The second-order valence-corrected chi connectivity index (χ2v) is 6.86. The van der Waals surface area contributed by atoms with E-state index in [-0.39, 0.29) is 18.0 Å². The van der Waals surface area contributed by atoms with E-state index in [1.54, 1.807) is 0 Å². The molecule has 4 atom stereocenters. The summed E-state index contributed by atoms with van der Waals surface area (Å²) in [6.07, 6.45) is 2.63. The molecule has 2 aromatic rings. The summed E-state index contributed by atoms with van der Waals surface area (Å²) in [6, 6.07) is 21.4. The van der Waals surface area contributed by atoms with Crippen molar-refractivity contribution in [1.29, 1.82) is 0 Å². The topological polar surface area (TPSA) is 32.3 Å². The van der Waals surface area contributed by atoms with Crippen LogP contribution in [0.2, 0.25) is 0 Å². The van der Waals surface area contributed by atoms with Gasteiger partial charge in [-0.2, -0.15) is 0 Å². The highest BCUT2D eigenvalue weighted by Gasteiger charge is 2.45. The highest BCUT2D eigenvalue weighted by molar-refractivity contribution is 5.26. The van der Waals surface area contributed by atoms with E-state index in [4.69, 9.17) is 0 Å². The van der Waals surface area contributed by atoms with Gasteiger partial charge in [0.05, 0.1) is 5.60 Å². The molecule has 2 aromatic carbocycles. The van der Waals surface area contributed by atoms with Crippen LogP contribution in [-0.2, 0) is 0 Å². The quantitative estimate of drug-likeness (QED) is 0.863. The third-order valence-electron chi connectivity index (χ3n) is 5.33. The van der Waals surface area contributed by atoms with E-state index in [0.29, 0.717) is 0 Å². The smallest absolute Gasteiger partial charge is 0.0709 e. The minimum absolute atomic E-state index is 0.173. The summed E-state index contributed by atoms with van der Waals surface area (Å²) in [7, 11) is 0. The lowest BCUT2D eigenvalue weighted by molar-refractivity contribution is -0.0743. The Balaban J connectivity index is 1.95. The molecular weight excluding hydrogens is 282 g/mol. The van der Waals surface area contributed by atoms with Crippen LogP contribution in [0.15, 0.2) is 60.7 Å². The molecule has 122 valence electrons. The molecule has 0 amide bonds. The van der Waals surface area contributed by atoms with Crippen LogP contribution in [0.4, 0.5) is 0 Å². The van der Waals surface area contributed by atoms with E-state index in [0.717, 1.165) is 19.3 Å². The molecule has 0 unspecified atom stereocenters. The second kappa shape index (κ2) is 6.86. The summed E-state index contributed by atoms with van der Waals surface area (Å²) < 4.78 is 0. The molecule has 0 bridgehead atoms. The normalized spacial score (nSPS) is 31.0. The van der Waals surface area contributed by atoms with Gasteiger partial charge in [-0.1, -0.05) is 80.9 Å². The predicted octanol–water partition coefficient (Wildman–Crippen LogP) is 4.63. The Morgan fingerprint density at radius 3 is 2.13 bits per heavy atom. The molecule has 1 heterocycles. The average molecular weight is 309 g/mol. The van der Waals surface area contributed by atoms with Crippen LogP contribution in [0.25, 0.3) is 0 Å². The van der Waals surface area contributed by atoms with Crippen molar-refractivity contribution in [2.75, 3.05) is 0 Å². The van der Waals surface area contributed by atoms with Crippen LogP contribution >= 0.6 is 0 Å². The molecule has 0 spiro atoms. The molecule has 23 heavy (non-hydrogen) atoms. The van der Waals surface area contributed by atoms with Gasteiger partial charge in [-0.3, -0.25) is 0 Å². The average Bonchev–Trinajstić information content (AvgIpc) is 2.59. The Labute approximate surface area is 139 Å². The van der Waals surface area contributed by atoms with E-state index in [1.807, 2.05) is 12.1 Å². The summed E-state index contributed by atoms with van der Waals surface area (Å²) in [6.45, 7) is 4.34. The second-order valence-electron chi connectivity index (χ2n) is 6.86. The standard InChI is InChI=1S/C21H27NO/c1-3-14-21(23)15-19(17-10-6-4-7-11-17)22-20(16(21)2)18-12-8-5-9-13-18/h4-13,16,19-20,22-23H,3,14-15H2,1-2H3/t16-,19+,20-,21-/m0/s1. The van der Waals surface area contributed by atoms with Crippen LogP contribution in [0.3, 0.4) is 0 Å². The van der Waals surface area contributed by atoms with Crippen molar-refractivity contribution in [2.45, 2.75) is 50.8 Å². The zero-order valence-corrected chi connectivity index (χ0v) is 14.1. The van der Waals surface area contributed by atoms with Gasteiger partial charge >= 0.3 is 0 Å². The highest BCUT2D eigenvalue weighted by atomic mass is 16.3. The first-order valence-electron chi connectivity index (χ1n) is 8.72. The third-order valence-corrected chi connectivity index (χ3v) is 5.33. The van der Waals surface area contributed by atoms with E-state index < -0.39 is 5.60 Å². The Kier molecular flexibility index (Phi) is 4.84. The molecule has 1 aliphatic rings. The molecule has 0 saturated carbocycles. The Morgan fingerprint density at radius 2 is 1.57 bits per heavy atom. The predicted molar refractivity (Wildman–Crippen MR) is 95.1 cm³/mol. The first-order chi connectivity index (χ1) is 11.1. The molecule has 1 aliphatic heterocycles. The van der Waals surface area contributed by atoms with E-state index in [1.165, 1.54) is 11.1 Å². The van der Waals surface area contributed by atoms with Crippen LogP contribution in [0.5, 0.6) is 0 Å². The maximum absolute atomic E-state index is 11.4. The van der Waals surface area contributed by atoms with Gasteiger partial charge in [0.15, 0.2) is 0 Å². The molecule has 0 aromatic heterocycles. The first kappa shape index (κ1) is 16.2. The molecule has 2 nitrogen and oxygen atoms in total. The Morgan fingerprint density at radius 1 is 1.00 bits per heavy atom. The first-order valence-corrected chi connectivity index (χ1v) is 8.72. The minimum atomic E-state index is -0.624. The molecule has 1 saturated heterocycles. The van der Waals surface area contributed by atoms with Crippen molar-refractivity contribution < 1.29 is 5.11 Å². The number of nitrogens with one attached hydrogen (secondary N) is 1. The zero-order valence-electron chi connectivity index (χ0n) is 14.1.